The molecule has 1 aliphatic rings. The topological polar surface area (TPSA) is 79.3 Å². The molecule has 2 aromatic carbocycles. The predicted octanol–water partition coefficient (Wildman–Crippen LogP) is 2.30. The van der Waals surface area contributed by atoms with Gasteiger partial charge in [-0.2, -0.15) is 0 Å². The third kappa shape index (κ3) is 7.21. The summed E-state index contributed by atoms with van der Waals surface area (Å²) in [5, 5.41) is 6.89. The SMILES string of the molecule is COCC(=O)N1CCN(C(COc2ccccc2)c2ccccc2)CC1.O=CO. The highest BCUT2D eigenvalue weighted by molar-refractivity contribution is 5.77. The monoisotopic (exact) mass is 400 g/mol. The summed E-state index contributed by atoms with van der Waals surface area (Å²) in [5.41, 5.74) is 1.24. The van der Waals surface area contributed by atoms with Crippen LogP contribution in [0.15, 0.2) is 60.7 Å². The van der Waals surface area contributed by atoms with Gasteiger partial charge in [-0.25, -0.2) is 0 Å². The number of piperazine rings is 1. The van der Waals surface area contributed by atoms with Gasteiger partial charge in [0.05, 0.1) is 6.04 Å². The van der Waals surface area contributed by atoms with Crippen LogP contribution in [0.25, 0.3) is 0 Å². The van der Waals surface area contributed by atoms with Crippen LogP contribution in [0.4, 0.5) is 0 Å². The molecular weight excluding hydrogens is 372 g/mol. The van der Waals surface area contributed by atoms with E-state index in [0.717, 1.165) is 31.9 Å². The summed E-state index contributed by atoms with van der Waals surface area (Å²) in [4.78, 5) is 24.6. The lowest BCUT2D eigenvalue weighted by atomic mass is 10.0. The number of para-hydroxylation sites is 1. The molecule has 0 aromatic heterocycles. The molecule has 1 heterocycles. The molecule has 2 aromatic rings. The Labute approximate surface area is 171 Å². The van der Waals surface area contributed by atoms with E-state index in [4.69, 9.17) is 19.4 Å². The molecule has 156 valence electrons. The minimum Gasteiger partial charge on any atom is -0.492 e. The number of carbonyl (C=O) groups excluding carboxylic acids is 1. The van der Waals surface area contributed by atoms with E-state index >= 15 is 0 Å². The third-order valence-electron chi connectivity index (χ3n) is 4.71. The van der Waals surface area contributed by atoms with Gasteiger partial charge in [-0.1, -0.05) is 48.5 Å². The number of methoxy groups -OCH3 is 1. The van der Waals surface area contributed by atoms with Crippen LogP contribution in [0, 0.1) is 0 Å². The largest absolute Gasteiger partial charge is 0.492 e. The number of carbonyl (C=O) groups is 2. The Morgan fingerprint density at radius 2 is 1.59 bits per heavy atom. The van der Waals surface area contributed by atoms with Crippen molar-refractivity contribution >= 4 is 12.4 Å². The molecule has 1 N–H and O–H groups in total. The van der Waals surface area contributed by atoms with Crippen molar-refractivity contribution < 1.29 is 24.2 Å². The number of rotatable bonds is 7. The van der Waals surface area contributed by atoms with Crippen molar-refractivity contribution in [3.63, 3.8) is 0 Å². The molecular formula is C22H28N2O5. The van der Waals surface area contributed by atoms with E-state index in [9.17, 15) is 4.79 Å². The summed E-state index contributed by atoms with van der Waals surface area (Å²) in [6.07, 6.45) is 0. The molecule has 1 aliphatic heterocycles. The van der Waals surface area contributed by atoms with E-state index in [1.165, 1.54) is 5.56 Å². The second-order valence-electron chi connectivity index (χ2n) is 6.51. The standard InChI is InChI=1S/C21H26N2O3.CH2O2/c1-25-17-21(24)23-14-12-22(13-15-23)20(18-8-4-2-5-9-18)16-26-19-10-6-3-7-11-19;2-1-3/h2-11,20H,12-17H2,1H3;1H,(H,2,3). The van der Waals surface area contributed by atoms with Crippen LogP contribution >= 0.6 is 0 Å². The van der Waals surface area contributed by atoms with Crippen molar-refractivity contribution in [3.8, 4) is 5.75 Å². The maximum Gasteiger partial charge on any atom is 0.290 e. The van der Waals surface area contributed by atoms with Crippen LogP contribution < -0.4 is 4.74 Å². The number of nitrogens with zero attached hydrogens (tertiary/aromatic N) is 2. The maximum atomic E-state index is 12.0. The van der Waals surface area contributed by atoms with Crippen molar-refractivity contribution in [1.29, 1.82) is 0 Å². The Kier molecular flexibility index (Phi) is 9.68. The Morgan fingerprint density at radius 3 is 2.14 bits per heavy atom. The molecule has 0 spiro atoms. The average Bonchev–Trinajstić information content (AvgIpc) is 2.76. The first kappa shape index (κ1) is 22.4. The zero-order valence-corrected chi connectivity index (χ0v) is 16.6. The quantitative estimate of drug-likeness (QED) is 0.719. The number of amides is 1. The van der Waals surface area contributed by atoms with Crippen LogP contribution in [0.1, 0.15) is 11.6 Å². The Morgan fingerprint density at radius 1 is 1.03 bits per heavy atom. The van der Waals surface area contributed by atoms with Gasteiger partial charge in [0, 0.05) is 33.3 Å². The average molecular weight is 400 g/mol. The number of carboxylic acid groups (broad SMARTS) is 1. The second-order valence-corrected chi connectivity index (χ2v) is 6.51. The van der Waals surface area contributed by atoms with Gasteiger partial charge in [0.2, 0.25) is 5.91 Å². The number of hydrogen-bond donors (Lipinski definition) is 1. The van der Waals surface area contributed by atoms with Crippen molar-refractivity contribution in [2.45, 2.75) is 6.04 Å². The maximum absolute atomic E-state index is 12.0. The van der Waals surface area contributed by atoms with Gasteiger partial charge >= 0.3 is 0 Å². The van der Waals surface area contributed by atoms with Crippen molar-refractivity contribution in [1.82, 2.24) is 9.80 Å². The number of ether oxygens (including phenoxy) is 2. The lowest BCUT2D eigenvalue weighted by molar-refractivity contribution is -0.137. The lowest BCUT2D eigenvalue weighted by Gasteiger charge is -2.39. The molecule has 1 saturated heterocycles. The van der Waals surface area contributed by atoms with Crippen LogP contribution in [0.2, 0.25) is 0 Å². The fraction of sp³-hybridized carbons (Fsp3) is 0.364. The molecule has 7 nitrogen and oxygen atoms in total. The molecule has 7 heteroatoms. The fourth-order valence-corrected chi connectivity index (χ4v) is 3.28. The summed E-state index contributed by atoms with van der Waals surface area (Å²) in [7, 11) is 1.56. The van der Waals surface area contributed by atoms with Gasteiger partial charge in [0.1, 0.15) is 19.0 Å². The highest BCUT2D eigenvalue weighted by atomic mass is 16.5. The first-order chi connectivity index (χ1) is 14.2. The molecule has 0 saturated carbocycles. The normalized spacial score (nSPS) is 15.0. The molecule has 0 radical (unpaired) electrons. The van der Waals surface area contributed by atoms with Gasteiger partial charge < -0.3 is 19.5 Å². The van der Waals surface area contributed by atoms with E-state index in [1.54, 1.807) is 7.11 Å². The number of hydrogen-bond acceptors (Lipinski definition) is 5. The van der Waals surface area contributed by atoms with Crippen LogP contribution in [0.5, 0.6) is 5.75 Å². The fourth-order valence-electron chi connectivity index (χ4n) is 3.28. The van der Waals surface area contributed by atoms with E-state index in [0.29, 0.717) is 6.61 Å². The Hall–Kier alpha value is -2.90. The highest BCUT2D eigenvalue weighted by Crippen LogP contribution is 2.24. The second kappa shape index (κ2) is 12.5. The van der Waals surface area contributed by atoms with E-state index < -0.39 is 0 Å². The first-order valence-electron chi connectivity index (χ1n) is 9.51. The summed E-state index contributed by atoms with van der Waals surface area (Å²) in [6, 6.07) is 20.5. The number of benzene rings is 2. The molecule has 1 unspecified atom stereocenters. The van der Waals surface area contributed by atoms with Gasteiger partial charge in [-0.05, 0) is 17.7 Å². The summed E-state index contributed by atoms with van der Waals surface area (Å²) < 4.78 is 11.0. The smallest absolute Gasteiger partial charge is 0.290 e. The van der Waals surface area contributed by atoms with Gasteiger partial charge in [-0.3, -0.25) is 14.5 Å². The minimum absolute atomic E-state index is 0.0592. The van der Waals surface area contributed by atoms with Gasteiger partial charge in [0.25, 0.3) is 6.47 Å². The third-order valence-corrected chi connectivity index (χ3v) is 4.71. The first-order valence-corrected chi connectivity index (χ1v) is 9.51. The molecule has 29 heavy (non-hydrogen) atoms. The summed E-state index contributed by atoms with van der Waals surface area (Å²) in [5.74, 6) is 0.936. The minimum atomic E-state index is -0.250. The van der Waals surface area contributed by atoms with Gasteiger partial charge in [-0.15, -0.1) is 0 Å². The Balaban J connectivity index is 0.000000941. The van der Waals surface area contributed by atoms with Crippen LogP contribution in [-0.4, -0.2) is 73.8 Å². The van der Waals surface area contributed by atoms with Crippen molar-refractivity contribution in [2.75, 3.05) is 46.5 Å². The van der Waals surface area contributed by atoms with Crippen molar-refractivity contribution in [2.24, 2.45) is 0 Å². The zero-order valence-electron chi connectivity index (χ0n) is 16.6. The van der Waals surface area contributed by atoms with E-state index in [2.05, 4.69) is 29.2 Å². The van der Waals surface area contributed by atoms with E-state index in [1.807, 2.05) is 41.3 Å². The molecule has 1 fully saturated rings. The van der Waals surface area contributed by atoms with Crippen molar-refractivity contribution in [3.05, 3.63) is 66.2 Å². The van der Waals surface area contributed by atoms with E-state index in [-0.39, 0.29) is 25.0 Å². The summed E-state index contributed by atoms with van der Waals surface area (Å²) >= 11 is 0. The molecule has 3 rings (SSSR count). The highest BCUT2D eigenvalue weighted by Gasteiger charge is 2.27. The Bertz CT molecular complexity index is 718. The summed E-state index contributed by atoms with van der Waals surface area (Å²) in [6.45, 7) is 3.58. The molecule has 1 amide bonds. The molecule has 0 bridgehead atoms. The van der Waals surface area contributed by atoms with Crippen LogP contribution in [-0.2, 0) is 14.3 Å². The predicted molar refractivity (Wildman–Crippen MR) is 110 cm³/mol. The molecule has 1 atom stereocenters. The van der Waals surface area contributed by atoms with Crippen LogP contribution in [0.3, 0.4) is 0 Å². The lowest BCUT2D eigenvalue weighted by Crippen LogP contribution is -2.51. The molecule has 0 aliphatic carbocycles. The zero-order chi connectivity index (χ0) is 20.9. The van der Waals surface area contributed by atoms with Gasteiger partial charge in [0.15, 0.2) is 0 Å².